The summed E-state index contributed by atoms with van der Waals surface area (Å²) >= 11 is 0. The van der Waals surface area contributed by atoms with Crippen molar-refractivity contribution >= 4 is 17.6 Å². The predicted molar refractivity (Wildman–Crippen MR) is 110 cm³/mol. The van der Waals surface area contributed by atoms with Gasteiger partial charge in [-0.2, -0.15) is 0 Å². The number of hydrogen-bond acceptors (Lipinski definition) is 8. The molecule has 3 heterocycles. The van der Waals surface area contributed by atoms with Gasteiger partial charge in [0.2, 0.25) is 11.9 Å². The number of aryl methyl sites for hydroxylation is 1. The third-order valence-corrected chi connectivity index (χ3v) is 4.42. The van der Waals surface area contributed by atoms with E-state index in [-0.39, 0.29) is 5.56 Å². The molecule has 2 aromatic heterocycles. The molecule has 0 aliphatic carbocycles. The summed E-state index contributed by atoms with van der Waals surface area (Å²) in [4.78, 5) is 26.1. The van der Waals surface area contributed by atoms with Crippen molar-refractivity contribution < 1.29 is 9.47 Å². The van der Waals surface area contributed by atoms with Crippen molar-refractivity contribution in [1.82, 2.24) is 14.5 Å². The maximum Gasteiger partial charge on any atom is 0.257 e. The summed E-state index contributed by atoms with van der Waals surface area (Å²) in [5.74, 6) is 2.06. The molecule has 0 unspecified atom stereocenters. The molecule has 9 nitrogen and oxygen atoms in total. The first-order valence-corrected chi connectivity index (χ1v) is 8.94. The molecule has 0 saturated heterocycles. The van der Waals surface area contributed by atoms with Gasteiger partial charge in [0, 0.05) is 24.0 Å². The molecule has 9 heteroatoms. The van der Waals surface area contributed by atoms with Crippen LogP contribution in [0.15, 0.2) is 58.4 Å². The number of nitrogens with zero attached hydrogens (tertiary/aromatic N) is 4. The van der Waals surface area contributed by atoms with E-state index < -0.39 is 6.17 Å². The van der Waals surface area contributed by atoms with Gasteiger partial charge in [-0.25, -0.2) is 14.5 Å². The summed E-state index contributed by atoms with van der Waals surface area (Å²) in [6.45, 7) is 1.77. The summed E-state index contributed by atoms with van der Waals surface area (Å²) in [6, 6.07) is 12.4. The van der Waals surface area contributed by atoms with Crippen LogP contribution in [0.1, 0.15) is 17.6 Å². The first-order chi connectivity index (χ1) is 14.1. The average molecular weight is 392 g/mol. The molecule has 1 aliphatic rings. The minimum absolute atomic E-state index is 0.208. The number of rotatable bonds is 4. The van der Waals surface area contributed by atoms with Gasteiger partial charge in [-0.15, -0.1) is 0 Å². The van der Waals surface area contributed by atoms with Gasteiger partial charge >= 0.3 is 0 Å². The maximum atomic E-state index is 12.6. The van der Waals surface area contributed by atoms with Crippen LogP contribution in [-0.4, -0.2) is 34.7 Å². The third kappa shape index (κ3) is 3.62. The predicted octanol–water partition coefficient (Wildman–Crippen LogP) is 2.40. The molecule has 0 radical (unpaired) electrons. The molecule has 29 heavy (non-hydrogen) atoms. The topological polar surface area (TPSA) is 103 Å². The summed E-state index contributed by atoms with van der Waals surface area (Å²) in [6.07, 6.45) is 1.01. The molecule has 0 amide bonds. The largest absolute Gasteiger partial charge is 0.497 e. The summed E-state index contributed by atoms with van der Waals surface area (Å²) in [5.41, 5.74) is 1.71. The molecule has 1 atom stereocenters. The first-order valence-electron chi connectivity index (χ1n) is 8.94. The highest BCUT2D eigenvalue weighted by Crippen LogP contribution is 2.30. The van der Waals surface area contributed by atoms with E-state index in [4.69, 9.17) is 9.47 Å². The zero-order chi connectivity index (χ0) is 20.4. The molecule has 0 bridgehead atoms. The Morgan fingerprint density at radius 2 is 2.00 bits per heavy atom. The number of nitrogens with one attached hydrogen (secondary N) is 2. The highest BCUT2D eigenvalue weighted by Gasteiger charge is 2.26. The van der Waals surface area contributed by atoms with Crippen LogP contribution >= 0.6 is 0 Å². The Balaban J connectivity index is 1.77. The maximum absolute atomic E-state index is 12.6. The Labute approximate surface area is 167 Å². The summed E-state index contributed by atoms with van der Waals surface area (Å²) < 4.78 is 12.2. The Morgan fingerprint density at radius 3 is 2.72 bits per heavy atom. The van der Waals surface area contributed by atoms with E-state index in [2.05, 4.69) is 25.6 Å². The van der Waals surface area contributed by atoms with Gasteiger partial charge in [-0.1, -0.05) is 6.07 Å². The van der Waals surface area contributed by atoms with Gasteiger partial charge in [-0.3, -0.25) is 15.1 Å². The monoisotopic (exact) mass is 392 g/mol. The number of ether oxygens (including phenoxy) is 2. The smallest absolute Gasteiger partial charge is 0.257 e. The van der Waals surface area contributed by atoms with E-state index in [1.807, 2.05) is 30.3 Å². The van der Waals surface area contributed by atoms with E-state index in [1.54, 1.807) is 33.4 Å². The lowest BCUT2D eigenvalue weighted by Gasteiger charge is -2.26. The van der Waals surface area contributed by atoms with Crippen molar-refractivity contribution in [3.05, 3.63) is 70.4 Å². The van der Waals surface area contributed by atoms with Gasteiger partial charge in [0.15, 0.2) is 6.17 Å². The minimum Gasteiger partial charge on any atom is -0.497 e. The molecule has 2 N–H and O–H groups in total. The molecule has 0 fully saturated rings. The molecule has 1 aromatic carbocycles. The Bertz CT molecular complexity index is 1130. The third-order valence-electron chi connectivity index (χ3n) is 4.42. The molecule has 4 rings (SSSR count). The van der Waals surface area contributed by atoms with Crippen molar-refractivity contribution in [3.63, 3.8) is 0 Å². The lowest BCUT2D eigenvalue weighted by molar-refractivity contribution is 0.395. The quantitative estimate of drug-likeness (QED) is 0.703. The zero-order valence-corrected chi connectivity index (χ0v) is 16.2. The van der Waals surface area contributed by atoms with Gasteiger partial charge in [0.1, 0.15) is 11.5 Å². The number of hydrogen-bond donors (Lipinski definition) is 2. The van der Waals surface area contributed by atoms with Crippen molar-refractivity contribution in [3.8, 4) is 11.5 Å². The molecule has 0 saturated carbocycles. The minimum atomic E-state index is -0.653. The Morgan fingerprint density at radius 1 is 1.14 bits per heavy atom. The van der Waals surface area contributed by atoms with Gasteiger partial charge in [-0.05, 0) is 31.2 Å². The van der Waals surface area contributed by atoms with Crippen LogP contribution in [0, 0.1) is 6.92 Å². The average Bonchev–Trinajstić information content (AvgIpc) is 2.73. The number of fused-ring (bicyclic) bond motifs is 1. The molecule has 3 aromatic rings. The Hall–Kier alpha value is -3.88. The van der Waals surface area contributed by atoms with E-state index in [1.165, 1.54) is 10.6 Å². The van der Waals surface area contributed by atoms with Crippen molar-refractivity contribution in [2.75, 3.05) is 24.9 Å². The molecule has 1 aliphatic heterocycles. The van der Waals surface area contributed by atoms with Crippen LogP contribution in [0.5, 0.6) is 11.5 Å². The SMILES string of the molecule is COc1ccc(NC2=N[C@H](c3ccccn3)n3c(nc(C)cc3=O)N2)c(OC)c1. The standard InChI is InChI=1S/C20H20N6O3/c1-12-10-17(27)26-18(15-6-4-5-9-21-15)24-19(25-20(26)22-12)23-14-8-7-13(28-2)11-16(14)29-3/h4-11,18H,1-3H3,(H2,22,23,24,25)/t18-/m0/s1. The highest BCUT2D eigenvalue weighted by atomic mass is 16.5. The van der Waals surface area contributed by atoms with E-state index >= 15 is 0 Å². The molecular weight excluding hydrogens is 372 g/mol. The number of pyridine rings is 1. The number of aliphatic imine (C=N–C) groups is 1. The normalized spacial score (nSPS) is 15.0. The van der Waals surface area contributed by atoms with E-state index in [0.717, 1.165) is 0 Å². The molecule has 148 valence electrons. The highest BCUT2D eigenvalue weighted by molar-refractivity contribution is 6.04. The van der Waals surface area contributed by atoms with E-state index in [9.17, 15) is 4.79 Å². The van der Waals surface area contributed by atoms with Crippen LogP contribution in [0.4, 0.5) is 11.6 Å². The van der Waals surface area contributed by atoms with Crippen molar-refractivity contribution in [2.45, 2.75) is 13.1 Å². The van der Waals surface area contributed by atoms with Gasteiger partial charge in [0.25, 0.3) is 5.56 Å². The van der Waals surface area contributed by atoms with Crippen LogP contribution in [0.2, 0.25) is 0 Å². The Kier molecular flexibility index (Phi) is 4.86. The van der Waals surface area contributed by atoms with Crippen molar-refractivity contribution in [2.24, 2.45) is 4.99 Å². The van der Waals surface area contributed by atoms with E-state index in [0.29, 0.717) is 40.5 Å². The van der Waals surface area contributed by atoms with Crippen LogP contribution in [0.25, 0.3) is 0 Å². The van der Waals surface area contributed by atoms with Gasteiger partial charge < -0.3 is 14.8 Å². The second-order valence-electron chi connectivity index (χ2n) is 6.35. The summed E-state index contributed by atoms with van der Waals surface area (Å²) in [5, 5.41) is 6.29. The van der Waals surface area contributed by atoms with Gasteiger partial charge in [0.05, 0.1) is 25.6 Å². The van der Waals surface area contributed by atoms with Crippen LogP contribution in [0.3, 0.4) is 0 Å². The zero-order valence-electron chi connectivity index (χ0n) is 16.2. The molecular formula is C20H20N6O3. The fourth-order valence-corrected chi connectivity index (χ4v) is 3.07. The number of methoxy groups -OCH3 is 2. The van der Waals surface area contributed by atoms with Crippen LogP contribution < -0.4 is 25.7 Å². The molecule has 0 spiro atoms. The second-order valence-corrected chi connectivity index (χ2v) is 6.35. The first kappa shape index (κ1) is 18.5. The lowest BCUT2D eigenvalue weighted by Crippen LogP contribution is -2.38. The number of anilines is 2. The van der Waals surface area contributed by atoms with Crippen molar-refractivity contribution in [1.29, 1.82) is 0 Å². The number of aromatic nitrogens is 3. The second kappa shape index (κ2) is 7.63. The fraction of sp³-hybridized carbons (Fsp3) is 0.200. The fourth-order valence-electron chi connectivity index (χ4n) is 3.07. The number of guanidine groups is 1. The lowest BCUT2D eigenvalue weighted by atomic mass is 10.2. The number of benzene rings is 1. The summed E-state index contributed by atoms with van der Waals surface area (Å²) in [7, 11) is 3.17. The van der Waals surface area contributed by atoms with Crippen LogP contribution in [-0.2, 0) is 0 Å².